The van der Waals surface area contributed by atoms with Crippen LogP contribution in [0.5, 0.6) is 0 Å². The maximum atomic E-state index is 11.8. The number of imidazole rings is 1. The summed E-state index contributed by atoms with van der Waals surface area (Å²) in [5.41, 5.74) is 0.557. The second-order valence-corrected chi connectivity index (χ2v) is 4.26. The fourth-order valence-electron chi connectivity index (χ4n) is 1.85. The van der Waals surface area contributed by atoms with Crippen LogP contribution in [0.4, 0.5) is 5.82 Å². The van der Waals surface area contributed by atoms with E-state index in [1.165, 1.54) is 0 Å². The Kier molecular flexibility index (Phi) is 3.79. The molecule has 100 valence electrons. The van der Waals surface area contributed by atoms with Gasteiger partial charge in [0.2, 0.25) is 0 Å². The van der Waals surface area contributed by atoms with Gasteiger partial charge in [0.1, 0.15) is 11.6 Å². The summed E-state index contributed by atoms with van der Waals surface area (Å²) in [6.07, 6.45) is 5.32. The third-order valence-electron chi connectivity index (χ3n) is 2.92. The van der Waals surface area contributed by atoms with Gasteiger partial charge in [0.15, 0.2) is 0 Å². The molecule has 0 atom stereocenters. The van der Waals surface area contributed by atoms with Crippen molar-refractivity contribution >= 4 is 11.7 Å². The lowest BCUT2D eigenvalue weighted by Gasteiger charge is -2.20. The van der Waals surface area contributed by atoms with E-state index >= 15 is 0 Å². The lowest BCUT2D eigenvalue weighted by Crippen LogP contribution is -2.26. The van der Waals surface area contributed by atoms with E-state index in [2.05, 4.69) is 15.3 Å². The summed E-state index contributed by atoms with van der Waals surface area (Å²) >= 11 is 0. The van der Waals surface area contributed by atoms with Crippen LogP contribution in [0.15, 0.2) is 30.7 Å². The minimum atomic E-state index is -0.144. The quantitative estimate of drug-likeness (QED) is 0.882. The molecule has 0 saturated carbocycles. The van der Waals surface area contributed by atoms with Crippen molar-refractivity contribution in [3.63, 3.8) is 0 Å². The van der Waals surface area contributed by atoms with E-state index in [4.69, 9.17) is 0 Å². The van der Waals surface area contributed by atoms with Gasteiger partial charge in [0.05, 0.1) is 12.1 Å². The number of aryl methyl sites for hydroxylation is 1. The van der Waals surface area contributed by atoms with E-state index < -0.39 is 0 Å². The van der Waals surface area contributed by atoms with Crippen molar-refractivity contribution in [1.82, 2.24) is 19.9 Å². The van der Waals surface area contributed by atoms with Gasteiger partial charge in [-0.2, -0.15) is 0 Å². The number of carbonyl (C=O) groups is 1. The maximum Gasteiger partial charge on any atom is 0.254 e. The van der Waals surface area contributed by atoms with E-state index in [0.29, 0.717) is 17.9 Å². The number of amides is 1. The van der Waals surface area contributed by atoms with E-state index in [9.17, 15) is 4.79 Å². The summed E-state index contributed by atoms with van der Waals surface area (Å²) in [7, 11) is 5.44. The van der Waals surface area contributed by atoms with Crippen molar-refractivity contribution in [2.24, 2.45) is 7.05 Å². The molecule has 0 fully saturated rings. The van der Waals surface area contributed by atoms with Crippen LogP contribution in [0.1, 0.15) is 16.2 Å². The Morgan fingerprint density at radius 1 is 1.42 bits per heavy atom. The molecule has 2 rings (SSSR count). The highest BCUT2D eigenvalue weighted by atomic mass is 16.1. The van der Waals surface area contributed by atoms with Gasteiger partial charge in [-0.3, -0.25) is 4.79 Å². The molecule has 0 unspecified atom stereocenters. The molecule has 19 heavy (non-hydrogen) atoms. The lowest BCUT2D eigenvalue weighted by molar-refractivity contribution is 0.0963. The topological polar surface area (TPSA) is 63.1 Å². The Hall–Kier alpha value is -2.37. The second-order valence-electron chi connectivity index (χ2n) is 4.26. The molecule has 0 aromatic carbocycles. The Labute approximate surface area is 112 Å². The predicted octanol–water partition coefficient (Wildman–Crippen LogP) is 0.811. The van der Waals surface area contributed by atoms with Crippen LogP contribution in [0.3, 0.4) is 0 Å². The molecular weight excluding hydrogens is 242 g/mol. The highest BCUT2D eigenvalue weighted by Gasteiger charge is 2.15. The largest absolute Gasteiger partial charge is 0.355 e. The van der Waals surface area contributed by atoms with Crippen LogP contribution in [-0.2, 0) is 13.6 Å². The average molecular weight is 259 g/mol. The van der Waals surface area contributed by atoms with Gasteiger partial charge in [-0.25, -0.2) is 9.97 Å². The number of aromatic nitrogens is 3. The summed E-state index contributed by atoms with van der Waals surface area (Å²) in [6.45, 7) is 0.588. The molecule has 0 radical (unpaired) electrons. The van der Waals surface area contributed by atoms with Crippen LogP contribution in [0, 0.1) is 0 Å². The van der Waals surface area contributed by atoms with Gasteiger partial charge >= 0.3 is 0 Å². The molecule has 6 nitrogen and oxygen atoms in total. The summed E-state index contributed by atoms with van der Waals surface area (Å²) in [6, 6.07) is 3.51. The van der Waals surface area contributed by atoms with Gasteiger partial charge in [0.25, 0.3) is 5.91 Å². The molecule has 2 heterocycles. The molecular formula is C13H17N5O. The van der Waals surface area contributed by atoms with Crippen molar-refractivity contribution in [2.75, 3.05) is 19.0 Å². The highest BCUT2D eigenvalue weighted by molar-refractivity contribution is 5.98. The Balaban J connectivity index is 2.26. The number of anilines is 1. The molecule has 0 spiro atoms. The van der Waals surface area contributed by atoms with E-state index in [0.717, 1.165) is 5.82 Å². The van der Waals surface area contributed by atoms with Crippen LogP contribution in [-0.4, -0.2) is 34.5 Å². The number of rotatable bonds is 4. The van der Waals surface area contributed by atoms with Crippen molar-refractivity contribution in [3.05, 3.63) is 42.1 Å². The third-order valence-corrected chi connectivity index (χ3v) is 2.92. The third kappa shape index (κ3) is 2.73. The normalized spacial score (nSPS) is 10.3. The summed E-state index contributed by atoms with van der Waals surface area (Å²) in [5, 5.41) is 2.62. The van der Waals surface area contributed by atoms with Crippen molar-refractivity contribution in [2.45, 2.75) is 6.54 Å². The number of carbonyl (C=O) groups excluding carboxylic acids is 1. The summed E-state index contributed by atoms with van der Waals surface area (Å²) < 4.78 is 1.94. The standard InChI is InChI=1S/C13H17N5O/c1-14-13(19)10-5-4-6-16-12(10)18(3)9-11-15-7-8-17(11)2/h4-8H,9H2,1-3H3,(H,14,19). The second kappa shape index (κ2) is 5.51. The monoisotopic (exact) mass is 259 g/mol. The SMILES string of the molecule is CNC(=O)c1cccnc1N(C)Cc1nccn1C. The number of hydrogen-bond acceptors (Lipinski definition) is 4. The molecule has 2 aromatic rings. The Morgan fingerprint density at radius 3 is 2.84 bits per heavy atom. The van der Waals surface area contributed by atoms with Crippen LogP contribution in [0.2, 0.25) is 0 Å². The number of pyridine rings is 1. The molecule has 0 aliphatic carbocycles. The molecule has 0 saturated heterocycles. The zero-order valence-corrected chi connectivity index (χ0v) is 11.3. The predicted molar refractivity (Wildman–Crippen MR) is 72.9 cm³/mol. The van der Waals surface area contributed by atoms with Crippen LogP contribution < -0.4 is 10.2 Å². The van der Waals surface area contributed by atoms with Crippen molar-refractivity contribution < 1.29 is 4.79 Å². The zero-order valence-electron chi connectivity index (χ0n) is 11.3. The number of nitrogens with zero attached hydrogens (tertiary/aromatic N) is 4. The van der Waals surface area contributed by atoms with Gasteiger partial charge in [0, 0.05) is 39.7 Å². The first-order valence-electron chi connectivity index (χ1n) is 5.98. The van der Waals surface area contributed by atoms with E-state index in [1.54, 1.807) is 31.6 Å². The van der Waals surface area contributed by atoms with Gasteiger partial charge in [-0.05, 0) is 12.1 Å². The van der Waals surface area contributed by atoms with E-state index in [1.807, 2.05) is 29.8 Å². The van der Waals surface area contributed by atoms with Gasteiger partial charge < -0.3 is 14.8 Å². The fourth-order valence-corrected chi connectivity index (χ4v) is 1.85. The number of nitrogens with one attached hydrogen (secondary N) is 1. The summed E-state index contributed by atoms with van der Waals surface area (Å²) in [5.74, 6) is 1.41. The molecule has 6 heteroatoms. The van der Waals surface area contributed by atoms with Gasteiger partial charge in [-0.1, -0.05) is 0 Å². The van der Waals surface area contributed by atoms with Crippen molar-refractivity contribution in [1.29, 1.82) is 0 Å². The maximum absolute atomic E-state index is 11.8. The zero-order chi connectivity index (χ0) is 13.8. The molecule has 1 amide bonds. The van der Waals surface area contributed by atoms with Crippen LogP contribution >= 0.6 is 0 Å². The van der Waals surface area contributed by atoms with E-state index in [-0.39, 0.29) is 5.91 Å². The average Bonchev–Trinajstić information content (AvgIpc) is 2.83. The molecule has 0 aliphatic heterocycles. The minimum Gasteiger partial charge on any atom is -0.355 e. The molecule has 1 N–H and O–H groups in total. The van der Waals surface area contributed by atoms with Crippen LogP contribution in [0.25, 0.3) is 0 Å². The molecule has 2 aromatic heterocycles. The first-order valence-corrected chi connectivity index (χ1v) is 5.98. The first-order chi connectivity index (χ1) is 9.13. The smallest absolute Gasteiger partial charge is 0.254 e. The highest BCUT2D eigenvalue weighted by Crippen LogP contribution is 2.17. The fraction of sp³-hybridized carbons (Fsp3) is 0.308. The number of hydrogen-bond donors (Lipinski definition) is 1. The van der Waals surface area contributed by atoms with Gasteiger partial charge in [-0.15, -0.1) is 0 Å². The molecule has 0 aliphatic rings. The lowest BCUT2D eigenvalue weighted by atomic mass is 10.2. The Morgan fingerprint density at radius 2 is 2.21 bits per heavy atom. The molecule has 0 bridgehead atoms. The van der Waals surface area contributed by atoms with Crippen molar-refractivity contribution in [3.8, 4) is 0 Å². The summed E-state index contributed by atoms with van der Waals surface area (Å²) in [4.78, 5) is 22.3. The Bertz CT molecular complexity index is 578. The first kappa shape index (κ1) is 13.1. The minimum absolute atomic E-state index is 0.144.